The van der Waals surface area contributed by atoms with Crippen LogP contribution in [0, 0.1) is 23.7 Å². The van der Waals surface area contributed by atoms with Crippen molar-refractivity contribution in [1.29, 1.82) is 0 Å². The molecular weight excluding hydrogens is 268 g/mol. The van der Waals surface area contributed by atoms with Crippen LogP contribution in [0.25, 0.3) is 0 Å². The molecule has 4 aliphatic rings. The molecule has 0 aromatic rings. The van der Waals surface area contributed by atoms with Crippen molar-refractivity contribution in [1.82, 2.24) is 0 Å². The molecule has 21 heavy (non-hydrogen) atoms. The first-order chi connectivity index (χ1) is 10.2. The molecule has 4 aliphatic carbocycles. The van der Waals surface area contributed by atoms with Crippen molar-refractivity contribution in [2.45, 2.75) is 101 Å². The summed E-state index contributed by atoms with van der Waals surface area (Å²) in [5.74, 6) is 4.64. The summed E-state index contributed by atoms with van der Waals surface area (Å²) >= 11 is 0. The Labute approximate surface area is 133 Å². The zero-order valence-corrected chi connectivity index (χ0v) is 15.4. The molecule has 0 aromatic carbocycles. The van der Waals surface area contributed by atoms with E-state index in [1.807, 2.05) is 0 Å². The van der Waals surface area contributed by atoms with Crippen LogP contribution < -0.4 is 0 Å². The van der Waals surface area contributed by atoms with Gasteiger partial charge >= 0.3 is 0 Å². The Morgan fingerprint density at radius 2 is 0.952 bits per heavy atom. The maximum absolute atomic E-state index is 2.83. The molecule has 0 N–H and O–H groups in total. The van der Waals surface area contributed by atoms with E-state index in [2.05, 4.69) is 13.1 Å². The highest BCUT2D eigenvalue weighted by molar-refractivity contribution is 6.80. The van der Waals surface area contributed by atoms with Crippen molar-refractivity contribution in [2.24, 2.45) is 23.7 Å². The Balaban J connectivity index is 1.52. The van der Waals surface area contributed by atoms with Gasteiger partial charge in [-0.1, -0.05) is 90.1 Å². The fourth-order valence-corrected chi connectivity index (χ4v) is 13.0. The normalized spacial score (nSPS) is 47.1. The van der Waals surface area contributed by atoms with Crippen molar-refractivity contribution in [3.63, 3.8) is 0 Å². The number of fused-ring (bicyclic) bond motifs is 2. The van der Waals surface area contributed by atoms with Crippen LogP contribution in [0.15, 0.2) is 0 Å². The maximum Gasteiger partial charge on any atom is 0.0541 e. The summed E-state index contributed by atoms with van der Waals surface area (Å²) in [5, 5.41) is 0. The lowest BCUT2D eigenvalue weighted by Crippen LogP contribution is -2.43. The number of hydrogen-bond acceptors (Lipinski definition) is 0. The fraction of sp³-hybridized carbons (Fsp3) is 1.00. The summed E-state index contributed by atoms with van der Waals surface area (Å²) in [7, 11) is -1.05. The van der Waals surface area contributed by atoms with Crippen LogP contribution in [0.3, 0.4) is 0 Å². The molecule has 120 valence electrons. The average Bonchev–Trinajstić information content (AvgIpc) is 3.12. The molecule has 0 heterocycles. The monoisotopic (exact) mass is 304 g/mol. The minimum Gasteiger partial charge on any atom is -0.0689 e. The van der Waals surface area contributed by atoms with Crippen molar-refractivity contribution in [2.75, 3.05) is 0 Å². The molecule has 4 fully saturated rings. The van der Waals surface area contributed by atoms with Gasteiger partial charge in [0.05, 0.1) is 8.07 Å². The highest BCUT2D eigenvalue weighted by atomic mass is 28.3. The van der Waals surface area contributed by atoms with Gasteiger partial charge in [-0.3, -0.25) is 0 Å². The Morgan fingerprint density at radius 3 is 1.43 bits per heavy atom. The second-order valence-electron chi connectivity index (χ2n) is 9.61. The van der Waals surface area contributed by atoms with Crippen LogP contribution in [-0.2, 0) is 0 Å². The van der Waals surface area contributed by atoms with Gasteiger partial charge < -0.3 is 0 Å². The SMILES string of the molecule is C[Si](C)(C1CCC2CCCCC21)[C@H]1CC[C@@H]2CCCCC21. The van der Waals surface area contributed by atoms with Crippen LogP contribution in [-0.4, -0.2) is 8.07 Å². The largest absolute Gasteiger partial charge is 0.0689 e. The quantitative estimate of drug-likeness (QED) is 0.502. The van der Waals surface area contributed by atoms with Gasteiger partial charge in [0.15, 0.2) is 0 Å². The first-order valence-corrected chi connectivity index (χ1v) is 13.3. The van der Waals surface area contributed by atoms with E-state index >= 15 is 0 Å². The third kappa shape index (κ3) is 2.46. The molecule has 0 nitrogen and oxygen atoms in total. The van der Waals surface area contributed by atoms with Crippen LogP contribution in [0.2, 0.25) is 24.2 Å². The lowest BCUT2D eigenvalue weighted by Gasteiger charge is -2.45. The summed E-state index contributed by atoms with van der Waals surface area (Å²) < 4.78 is 0. The molecule has 0 aromatic heterocycles. The van der Waals surface area contributed by atoms with Crippen molar-refractivity contribution >= 4 is 8.07 Å². The van der Waals surface area contributed by atoms with Crippen molar-refractivity contribution < 1.29 is 0 Å². The molecule has 4 unspecified atom stereocenters. The topological polar surface area (TPSA) is 0 Å². The Hall–Kier alpha value is 0.217. The molecule has 0 saturated heterocycles. The van der Waals surface area contributed by atoms with E-state index < -0.39 is 8.07 Å². The van der Waals surface area contributed by atoms with Gasteiger partial charge in [-0.05, 0) is 34.8 Å². The van der Waals surface area contributed by atoms with Crippen LogP contribution in [0.1, 0.15) is 77.0 Å². The summed E-state index contributed by atoms with van der Waals surface area (Å²) in [4.78, 5) is 0. The smallest absolute Gasteiger partial charge is 0.0541 e. The summed E-state index contributed by atoms with van der Waals surface area (Å²) in [6.45, 7) is 5.66. The third-order valence-corrected chi connectivity index (χ3v) is 13.8. The van der Waals surface area contributed by atoms with Crippen LogP contribution in [0.4, 0.5) is 0 Å². The van der Waals surface area contributed by atoms with Gasteiger partial charge in [0.1, 0.15) is 0 Å². The van der Waals surface area contributed by atoms with Gasteiger partial charge in [0.25, 0.3) is 0 Å². The lowest BCUT2D eigenvalue weighted by molar-refractivity contribution is 0.263. The van der Waals surface area contributed by atoms with Gasteiger partial charge in [-0.25, -0.2) is 0 Å². The van der Waals surface area contributed by atoms with E-state index in [4.69, 9.17) is 0 Å². The van der Waals surface area contributed by atoms with Gasteiger partial charge in [-0.2, -0.15) is 0 Å². The van der Waals surface area contributed by atoms with Gasteiger partial charge in [-0.15, -0.1) is 0 Å². The van der Waals surface area contributed by atoms with E-state index in [9.17, 15) is 0 Å². The summed E-state index contributed by atoms with van der Waals surface area (Å²) in [5.41, 5.74) is 2.40. The predicted molar refractivity (Wildman–Crippen MR) is 94.3 cm³/mol. The zero-order chi connectivity index (χ0) is 14.4. The second kappa shape index (κ2) is 5.69. The summed E-state index contributed by atoms with van der Waals surface area (Å²) in [6, 6.07) is 0. The molecule has 4 saturated carbocycles. The highest BCUT2D eigenvalue weighted by Gasteiger charge is 2.53. The summed E-state index contributed by atoms with van der Waals surface area (Å²) in [6.07, 6.45) is 19.0. The average molecular weight is 305 g/mol. The minimum atomic E-state index is -1.05. The fourth-order valence-electron chi connectivity index (χ4n) is 7.59. The van der Waals surface area contributed by atoms with Crippen LogP contribution >= 0.6 is 0 Å². The molecule has 0 bridgehead atoms. The van der Waals surface area contributed by atoms with E-state index in [1.54, 1.807) is 77.0 Å². The highest BCUT2D eigenvalue weighted by Crippen LogP contribution is 2.61. The molecule has 4 rings (SSSR count). The minimum absolute atomic E-state index is 1.05. The Bertz CT molecular complexity index is 340. The van der Waals surface area contributed by atoms with Crippen molar-refractivity contribution in [3.8, 4) is 0 Å². The molecule has 0 aliphatic heterocycles. The molecule has 0 amide bonds. The van der Waals surface area contributed by atoms with Crippen LogP contribution in [0.5, 0.6) is 0 Å². The van der Waals surface area contributed by atoms with E-state index in [1.165, 1.54) is 22.9 Å². The molecule has 0 spiro atoms. The van der Waals surface area contributed by atoms with Gasteiger partial charge in [0.2, 0.25) is 0 Å². The van der Waals surface area contributed by atoms with E-state index in [-0.39, 0.29) is 0 Å². The standard InChI is InChI=1S/C20H36Si/c1-21(2,19-13-11-15-7-3-5-9-17(15)19)20-14-12-16-8-4-6-10-18(16)20/h15-20H,3-14H2,1-2H3/t15-,16?,17?,18?,19-,20?/m0/s1. The molecule has 6 atom stereocenters. The number of hydrogen-bond donors (Lipinski definition) is 0. The van der Waals surface area contributed by atoms with Gasteiger partial charge in [0, 0.05) is 0 Å². The third-order valence-electron chi connectivity index (χ3n) is 8.58. The lowest BCUT2D eigenvalue weighted by atomic mass is 9.81. The Morgan fingerprint density at radius 1 is 0.524 bits per heavy atom. The predicted octanol–water partition coefficient (Wildman–Crippen LogP) is 6.64. The molecule has 1 heteroatoms. The number of rotatable bonds is 2. The maximum atomic E-state index is 2.83. The zero-order valence-electron chi connectivity index (χ0n) is 14.4. The molecular formula is C20H36Si. The first kappa shape index (κ1) is 14.8. The van der Waals surface area contributed by atoms with E-state index in [0.29, 0.717) is 0 Å². The second-order valence-corrected chi connectivity index (χ2v) is 14.7. The Kier molecular flexibility index (Phi) is 4.01. The first-order valence-electron chi connectivity index (χ1n) is 10.2. The molecule has 0 radical (unpaired) electrons. The van der Waals surface area contributed by atoms with Crippen molar-refractivity contribution in [3.05, 3.63) is 0 Å². The van der Waals surface area contributed by atoms with E-state index in [0.717, 1.165) is 11.8 Å².